The van der Waals surface area contributed by atoms with E-state index in [9.17, 15) is 13.2 Å². The summed E-state index contributed by atoms with van der Waals surface area (Å²) in [5, 5.41) is 2.99. The van der Waals surface area contributed by atoms with Gasteiger partial charge in [0.1, 0.15) is 0 Å². The zero-order valence-electron chi connectivity index (χ0n) is 19.6. The Hall–Kier alpha value is -3.13. The predicted molar refractivity (Wildman–Crippen MR) is 133 cm³/mol. The summed E-state index contributed by atoms with van der Waals surface area (Å²) in [6.45, 7) is 11.4. The number of carbonyl (C=O) groups is 1. The fraction of sp³-hybridized carbons (Fsp3) is 0.360. The molecule has 1 aliphatic heterocycles. The van der Waals surface area contributed by atoms with Crippen molar-refractivity contribution >= 4 is 28.0 Å². The molecule has 2 aromatic carbocycles. The molecule has 0 aromatic heterocycles. The molecule has 7 nitrogen and oxygen atoms in total. The van der Waals surface area contributed by atoms with Crippen molar-refractivity contribution in [3.63, 3.8) is 0 Å². The Morgan fingerprint density at radius 2 is 1.91 bits per heavy atom. The lowest BCUT2D eigenvalue weighted by Crippen LogP contribution is -2.54. The molecule has 0 saturated carbocycles. The lowest BCUT2D eigenvalue weighted by atomic mass is 9.91. The first-order chi connectivity index (χ1) is 15.4. The van der Waals surface area contributed by atoms with Gasteiger partial charge in [-0.15, -0.1) is 0 Å². The summed E-state index contributed by atoms with van der Waals surface area (Å²) in [6, 6.07) is 14.7. The highest BCUT2D eigenvalue weighted by atomic mass is 32.2. The van der Waals surface area contributed by atoms with Gasteiger partial charge in [0.15, 0.2) is 0 Å². The van der Waals surface area contributed by atoms with E-state index in [0.717, 1.165) is 9.87 Å². The van der Waals surface area contributed by atoms with Crippen molar-refractivity contribution in [2.45, 2.75) is 45.8 Å². The van der Waals surface area contributed by atoms with Gasteiger partial charge in [0.05, 0.1) is 23.9 Å². The Morgan fingerprint density at radius 1 is 1.24 bits per heavy atom. The van der Waals surface area contributed by atoms with Gasteiger partial charge >= 0.3 is 0 Å². The third-order valence-electron chi connectivity index (χ3n) is 6.17. The maximum atomic E-state index is 13.1. The molecule has 0 spiro atoms. The average Bonchev–Trinajstić information content (AvgIpc) is 2.76. The largest absolute Gasteiger partial charge is 0.369 e. The van der Waals surface area contributed by atoms with Gasteiger partial charge in [-0.25, -0.2) is 17.7 Å². The van der Waals surface area contributed by atoms with Gasteiger partial charge in [-0.1, -0.05) is 56.8 Å². The molecule has 33 heavy (non-hydrogen) atoms. The van der Waals surface area contributed by atoms with Crippen LogP contribution in [0.4, 0.5) is 0 Å². The summed E-state index contributed by atoms with van der Waals surface area (Å²) < 4.78 is 27.2. The van der Waals surface area contributed by atoms with Crippen LogP contribution in [0, 0.1) is 5.92 Å². The van der Waals surface area contributed by atoms with Gasteiger partial charge in [0.25, 0.3) is 5.91 Å². The number of sulfonamides is 1. The molecule has 0 saturated heterocycles. The van der Waals surface area contributed by atoms with E-state index in [2.05, 4.69) is 16.9 Å². The summed E-state index contributed by atoms with van der Waals surface area (Å²) in [5.41, 5.74) is 8.08. The number of aliphatic imine (C=N–C) groups is 1. The Balaban J connectivity index is 1.88. The van der Waals surface area contributed by atoms with Crippen LogP contribution in [0.3, 0.4) is 0 Å². The number of carbonyl (C=O) groups excluding carboxylic acids is 1. The Bertz CT molecular complexity index is 1180. The second kappa shape index (κ2) is 9.39. The fourth-order valence-electron chi connectivity index (χ4n) is 3.74. The van der Waals surface area contributed by atoms with Crippen LogP contribution < -0.4 is 11.1 Å². The highest BCUT2D eigenvalue weighted by Gasteiger charge is 2.42. The number of guanidine groups is 1. The van der Waals surface area contributed by atoms with Gasteiger partial charge in [-0.3, -0.25) is 4.79 Å². The zero-order chi connectivity index (χ0) is 24.4. The summed E-state index contributed by atoms with van der Waals surface area (Å²) in [7, 11) is -3.68. The summed E-state index contributed by atoms with van der Waals surface area (Å²) in [6.07, 6.45) is 1.62. The van der Waals surface area contributed by atoms with Gasteiger partial charge in [0, 0.05) is 5.56 Å². The van der Waals surface area contributed by atoms with Crippen LogP contribution in [0.2, 0.25) is 0 Å². The molecule has 1 heterocycles. The van der Waals surface area contributed by atoms with Crippen LogP contribution >= 0.6 is 0 Å². The van der Waals surface area contributed by atoms with Crippen molar-refractivity contribution in [2.24, 2.45) is 16.6 Å². The van der Waals surface area contributed by atoms with Crippen molar-refractivity contribution in [3.8, 4) is 0 Å². The lowest BCUT2D eigenvalue weighted by Gasteiger charge is -2.38. The lowest BCUT2D eigenvalue weighted by molar-refractivity contribution is 0.0939. The molecule has 0 radical (unpaired) electrons. The molecular formula is C25H32N4O3S. The number of hydrogen-bond donors (Lipinski definition) is 2. The van der Waals surface area contributed by atoms with Crippen molar-refractivity contribution in [1.82, 2.24) is 9.62 Å². The first-order valence-corrected chi connectivity index (χ1v) is 12.5. The highest BCUT2D eigenvalue weighted by molar-refractivity contribution is 7.89. The van der Waals surface area contributed by atoms with Crippen LogP contribution in [0.15, 0.2) is 60.1 Å². The zero-order valence-corrected chi connectivity index (χ0v) is 20.4. The smallest absolute Gasteiger partial charge is 0.251 e. The molecule has 2 unspecified atom stereocenters. The average molecular weight is 469 g/mol. The molecule has 1 amide bonds. The van der Waals surface area contributed by atoms with E-state index in [0.29, 0.717) is 16.7 Å². The van der Waals surface area contributed by atoms with Gasteiger partial charge in [0.2, 0.25) is 16.0 Å². The van der Waals surface area contributed by atoms with Gasteiger partial charge < -0.3 is 11.1 Å². The molecule has 0 aliphatic carbocycles. The monoisotopic (exact) mass is 468 g/mol. The van der Waals surface area contributed by atoms with E-state index in [1.54, 1.807) is 31.2 Å². The molecule has 1 aliphatic rings. The van der Waals surface area contributed by atoms with Gasteiger partial charge in [-0.05, 0) is 54.7 Å². The highest BCUT2D eigenvalue weighted by Crippen LogP contribution is 2.30. The third-order valence-corrected chi connectivity index (χ3v) is 8.10. The molecule has 8 heteroatoms. The number of amides is 1. The van der Waals surface area contributed by atoms with Crippen LogP contribution in [0.25, 0.3) is 6.08 Å². The van der Waals surface area contributed by atoms with Crippen LogP contribution in [0.1, 0.15) is 60.8 Å². The van der Waals surface area contributed by atoms with Crippen LogP contribution in [-0.2, 0) is 16.6 Å². The first-order valence-electron chi connectivity index (χ1n) is 10.9. The second-order valence-electron chi connectivity index (χ2n) is 9.02. The van der Waals surface area contributed by atoms with E-state index in [-0.39, 0.29) is 36.1 Å². The Morgan fingerprint density at radius 3 is 2.48 bits per heavy atom. The maximum absolute atomic E-state index is 13.1. The molecule has 3 rings (SSSR count). The van der Waals surface area contributed by atoms with Crippen molar-refractivity contribution in [1.29, 1.82) is 0 Å². The van der Waals surface area contributed by atoms with Crippen molar-refractivity contribution in [2.75, 3.05) is 5.75 Å². The summed E-state index contributed by atoms with van der Waals surface area (Å²) in [4.78, 5) is 17.5. The topological polar surface area (TPSA) is 105 Å². The van der Waals surface area contributed by atoms with Crippen molar-refractivity contribution in [3.05, 3.63) is 77.4 Å². The summed E-state index contributed by atoms with van der Waals surface area (Å²) in [5.74, 6) is -0.405. The normalized spacial score (nSPS) is 20.8. The minimum atomic E-state index is -3.68. The van der Waals surface area contributed by atoms with E-state index in [1.165, 1.54) is 0 Å². The molecule has 2 aromatic rings. The summed E-state index contributed by atoms with van der Waals surface area (Å²) >= 11 is 0. The molecule has 0 bridgehead atoms. The number of nitrogens with zero attached hydrogens (tertiary/aromatic N) is 2. The number of benzene rings is 2. The predicted octanol–water partition coefficient (Wildman–Crippen LogP) is 3.70. The van der Waals surface area contributed by atoms with E-state index >= 15 is 0 Å². The standard InChI is InChI=1S/C25H32N4O3S/c1-6-19-12-20(15-29-24(26)28-25(5,17(2)3)16-33(29,31)32)14-22(13-19)23(30)27-18(4)21-10-8-7-9-11-21/h6-14,17-18H,1,15-16H2,2-5H3,(H2,26,28)(H,27,30). The van der Waals surface area contributed by atoms with Crippen LogP contribution in [0.5, 0.6) is 0 Å². The Kier molecular flexibility index (Phi) is 6.97. The number of rotatable bonds is 7. The number of nitrogens with one attached hydrogen (secondary N) is 1. The Labute approximate surface area is 196 Å². The van der Waals surface area contributed by atoms with Crippen LogP contribution in [-0.4, -0.2) is 35.9 Å². The van der Waals surface area contributed by atoms with E-state index in [1.807, 2.05) is 51.1 Å². The minimum absolute atomic E-state index is 0.0119. The first kappa shape index (κ1) is 24.5. The molecular weight excluding hydrogens is 436 g/mol. The molecule has 2 atom stereocenters. The molecule has 3 N–H and O–H groups in total. The maximum Gasteiger partial charge on any atom is 0.251 e. The van der Waals surface area contributed by atoms with Crippen molar-refractivity contribution < 1.29 is 13.2 Å². The number of hydrogen-bond acceptors (Lipinski definition) is 5. The van der Waals surface area contributed by atoms with E-state index < -0.39 is 15.6 Å². The van der Waals surface area contributed by atoms with E-state index in [4.69, 9.17) is 5.73 Å². The SMILES string of the molecule is C=Cc1cc(CN2C(N)=NC(C)(C(C)C)CS2(=O)=O)cc(C(=O)NC(C)c2ccccc2)c1. The minimum Gasteiger partial charge on any atom is -0.369 e. The number of nitrogens with two attached hydrogens (primary N) is 1. The molecule has 0 fully saturated rings. The quantitative estimate of drug-likeness (QED) is 0.646. The third kappa shape index (κ3) is 5.45. The molecule has 176 valence electrons. The van der Waals surface area contributed by atoms with Gasteiger partial charge in [-0.2, -0.15) is 0 Å². The second-order valence-corrected chi connectivity index (χ2v) is 10.9. The fourth-order valence-corrected chi connectivity index (χ4v) is 5.71.